The summed E-state index contributed by atoms with van der Waals surface area (Å²) >= 11 is 0. The molecule has 0 aromatic heterocycles. The van der Waals surface area contributed by atoms with Crippen LogP contribution in [-0.4, -0.2) is 60.8 Å². The van der Waals surface area contributed by atoms with Crippen LogP contribution in [0.1, 0.15) is 0 Å². The first-order valence-corrected chi connectivity index (χ1v) is 3.58. The Morgan fingerprint density at radius 1 is 1.43 bits per heavy atom. The number of ether oxygens (including phenoxy) is 1. The van der Waals surface area contributed by atoms with Crippen molar-refractivity contribution in [3.63, 3.8) is 0 Å². The van der Waals surface area contributed by atoms with Crippen LogP contribution >= 0.6 is 0 Å². The number of alkyl halides is 3. The summed E-state index contributed by atoms with van der Waals surface area (Å²) in [5.41, 5.74) is -3.81. The van der Waals surface area contributed by atoms with E-state index in [0.717, 1.165) is 7.11 Å². The van der Waals surface area contributed by atoms with Crippen LogP contribution in [-0.2, 0) is 4.74 Å². The first-order valence-electron chi connectivity index (χ1n) is 3.58. The molecule has 4 nitrogen and oxygen atoms in total. The Bertz CT molecular complexity index is 180. The summed E-state index contributed by atoms with van der Waals surface area (Å²) in [6, 6.07) is 0. The van der Waals surface area contributed by atoms with Gasteiger partial charge in [-0.15, -0.1) is 0 Å². The molecule has 0 fully saturated rings. The van der Waals surface area contributed by atoms with Crippen molar-refractivity contribution < 1.29 is 33.2 Å². The smallest absolute Gasteiger partial charge is 0.394 e. The number of halogens is 3. The lowest BCUT2D eigenvalue weighted by Gasteiger charge is -2.35. The second-order valence-electron chi connectivity index (χ2n) is 2.72. The second-order valence-corrected chi connectivity index (χ2v) is 2.72. The van der Waals surface area contributed by atoms with Gasteiger partial charge in [-0.05, 0) is 0 Å². The highest BCUT2D eigenvalue weighted by Gasteiger charge is 2.55. The lowest BCUT2D eigenvalue weighted by atomic mass is 9.74. The first-order chi connectivity index (χ1) is 6.18. The molecule has 8 heteroatoms. The highest BCUT2D eigenvalue weighted by Crippen LogP contribution is 2.32. The molecule has 0 saturated heterocycles. The van der Waals surface area contributed by atoms with Crippen LogP contribution in [0.25, 0.3) is 0 Å². The van der Waals surface area contributed by atoms with E-state index < -0.39 is 30.5 Å². The number of methoxy groups -OCH3 is 1. The molecule has 0 amide bonds. The van der Waals surface area contributed by atoms with E-state index in [9.17, 15) is 13.2 Å². The van der Waals surface area contributed by atoms with E-state index in [4.69, 9.17) is 15.3 Å². The zero-order valence-corrected chi connectivity index (χ0v) is 7.32. The van der Waals surface area contributed by atoms with Gasteiger partial charge in [-0.1, -0.05) is 0 Å². The molecule has 0 saturated carbocycles. The summed E-state index contributed by atoms with van der Waals surface area (Å²) in [5.74, 6) is 0. The summed E-state index contributed by atoms with van der Waals surface area (Å²) in [4.78, 5) is 0. The molecule has 1 unspecified atom stereocenters. The number of hydrogen-bond donors (Lipinski definition) is 3. The Balaban J connectivity index is 4.73. The van der Waals surface area contributed by atoms with E-state index in [0.29, 0.717) is 0 Å². The van der Waals surface area contributed by atoms with Crippen molar-refractivity contribution in [2.24, 2.45) is 0 Å². The molecule has 0 aromatic carbocycles. The fraction of sp³-hybridized carbons (Fsp3) is 1.00. The fourth-order valence-electron chi connectivity index (χ4n) is 0.754. The van der Waals surface area contributed by atoms with Crippen molar-refractivity contribution >= 4 is 7.85 Å². The van der Waals surface area contributed by atoms with E-state index in [-0.39, 0.29) is 0 Å². The Morgan fingerprint density at radius 2 is 1.86 bits per heavy atom. The van der Waals surface area contributed by atoms with Crippen LogP contribution < -0.4 is 0 Å². The molecule has 2 radical (unpaired) electrons. The third-order valence-corrected chi connectivity index (χ3v) is 1.74. The molecule has 0 heterocycles. The van der Waals surface area contributed by atoms with Crippen LogP contribution in [0, 0.1) is 0 Å². The van der Waals surface area contributed by atoms with Gasteiger partial charge < -0.3 is 20.1 Å². The van der Waals surface area contributed by atoms with Gasteiger partial charge in [0, 0.05) is 7.11 Å². The average Bonchev–Trinajstić information content (AvgIpc) is 2.04. The van der Waals surface area contributed by atoms with E-state index in [1.807, 2.05) is 0 Å². The van der Waals surface area contributed by atoms with E-state index in [2.05, 4.69) is 12.6 Å². The third kappa shape index (κ3) is 2.60. The fourth-order valence-corrected chi connectivity index (χ4v) is 0.754. The van der Waals surface area contributed by atoms with Crippen LogP contribution in [0.15, 0.2) is 0 Å². The zero-order valence-electron chi connectivity index (χ0n) is 7.32. The minimum atomic E-state index is -5.21. The predicted molar refractivity (Wildman–Crippen MR) is 40.6 cm³/mol. The number of hydrogen-bond acceptors (Lipinski definition) is 4. The SMILES string of the molecule is [B]C(O)([C@H](O)[C@@H](CO)OC)C(F)(F)F. The summed E-state index contributed by atoms with van der Waals surface area (Å²) in [6.45, 7) is -0.896. The minimum absolute atomic E-state index is 0.896. The summed E-state index contributed by atoms with van der Waals surface area (Å²) in [7, 11) is 5.45. The van der Waals surface area contributed by atoms with E-state index in [1.54, 1.807) is 0 Å². The summed E-state index contributed by atoms with van der Waals surface area (Å²) in [6.07, 6.45) is -9.28. The minimum Gasteiger partial charge on any atom is -0.394 e. The Kier molecular flexibility index (Phi) is 4.38. The maximum atomic E-state index is 12.0. The molecule has 0 rings (SSSR count). The van der Waals surface area contributed by atoms with Crippen LogP contribution in [0.4, 0.5) is 13.2 Å². The molecular weight excluding hydrogens is 204 g/mol. The molecule has 0 aliphatic carbocycles. The van der Waals surface area contributed by atoms with Gasteiger partial charge in [-0.3, -0.25) is 0 Å². The van der Waals surface area contributed by atoms with Gasteiger partial charge in [0.2, 0.25) is 0 Å². The van der Waals surface area contributed by atoms with Gasteiger partial charge in [-0.25, -0.2) is 0 Å². The highest BCUT2D eigenvalue weighted by atomic mass is 19.4. The van der Waals surface area contributed by atoms with Crippen LogP contribution in [0.3, 0.4) is 0 Å². The van der Waals surface area contributed by atoms with Crippen LogP contribution in [0.2, 0.25) is 0 Å². The Hall–Kier alpha value is -0.305. The number of rotatable bonds is 4. The van der Waals surface area contributed by atoms with Crippen molar-refractivity contribution in [1.29, 1.82) is 0 Å². The molecule has 0 aliphatic rings. The molecule has 3 atom stereocenters. The summed E-state index contributed by atoms with van der Waals surface area (Å²) < 4.78 is 40.4. The van der Waals surface area contributed by atoms with Gasteiger partial charge in [0.05, 0.1) is 6.61 Å². The van der Waals surface area contributed by atoms with Gasteiger partial charge in [0.15, 0.2) is 0 Å². The lowest BCUT2D eigenvalue weighted by molar-refractivity contribution is -0.267. The average molecular weight is 214 g/mol. The number of aliphatic hydroxyl groups is 3. The van der Waals surface area contributed by atoms with Crippen molar-refractivity contribution in [2.75, 3.05) is 13.7 Å². The molecule has 0 bridgehead atoms. The third-order valence-electron chi connectivity index (χ3n) is 1.74. The topological polar surface area (TPSA) is 69.9 Å². The maximum absolute atomic E-state index is 12.0. The molecule has 0 aromatic rings. The zero-order chi connectivity index (χ0) is 11.6. The molecule has 0 spiro atoms. The molecule has 82 valence electrons. The first kappa shape index (κ1) is 13.7. The van der Waals surface area contributed by atoms with E-state index >= 15 is 0 Å². The second kappa shape index (κ2) is 4.48. The highest BCUT2D eigenvalue weighted by molar-refractivity contribution is 6.15. The van der Waals surface area contributed by atoms with Gasteiger partial charge in [0.1, 0.15) is 25.6 Å². The maximum Gasteiger partial charge on any atom is 0.410 e. The summed E-state index contributed by atoms with van der Waals surface area (Å²) in [5, 5.41) is 26.3. The van der Waals surface area contributed by atoms with Crippen molar-refractivity contribution in [1.82, 2.24) is 0 Å². The van der Waals surface area contributed by atoms with Crippen LogP contribution in [0.5, 0.6) is 0 Å². The normalized spacial score (nSPS) is 21.4. The molecule has 0 aliphatic heterocycles. The van der Waals surface area contributed by atoms with E-state index in [1.165, 1.54) is 0 Å². The van der Waals surface area contributed by atoms with Crippen molar-refractivity contribution in [3.05, 3.63) is 0 Å². The predicted octanol–water partition coefficient (Wildman–Crippen LogP) is -1.23. The number of aliphatic hydroxyl groups excluding tert-OH is 2. The van der Waals surface area contributed by atoms with Crippen molar-refractivity contribution in [2.45, 2.75) is 23.9 Å². The monoisotopic (exact) mass is 214 g/mol. The standard InChI is InChI=1S/C6H10BF3O4/c1-14-3(2-11)4(12)5(7,13)6(8,9)10/h3-4,11-13H,2H2,1H3/t3-,4-,5?/m1/s1. The molecular formula is C6H10BF3O4. The lowest BCUT2D eigenvalue weighted by Crippen LogP contribution is -2.60. The molecule has 3 N–H and O–H groups in total. The Labute approximate surface area is 79.7 Å². The van der Waals surface area contributed by atoms with Gasteiger partial charge >= 0.3 is 6.18 Å². The van der Waals surface area contributed by atoms with Gasteiger partial charge in [0.25, 0.3) is 0 Å². The molecule has 14 heavy (non-hydrogen) atoms. The Morgan fingerprint density at radius 3 is 2.07 bits per heavy atom. The quantitative estimate of drug-likeness (QED) is 0.512. The van der Waals surface area contributed by atoms with Gasteiger partial charge in [-0.2, -0.15) is 13.2 Å². The largest absolute Gasteiger partial charge is 0.410 e. The van der Waals surface area contributed by atoms with Crippen molar-refractivity contribution in [3.8, 4) is 0 Å².